The smallest absolute Gasteiger partial charge is 0.406 e. The SMILES string of the molecule is O=C(c1ccc2n[nH]c(C#Cc3cc(OC(F)(F)F)ccc3-c3ccccc3)c2c1)N1CC2(CCCNC2)C1. The Bertz CT molecular complexity index is 1590. The first kappa shape index (κ1) is 25.0. The van der Waals surface area contributed by atoms with Gasteiger partial charge in [0.2, 0.25) is 0 Å². The lowest BCUT2D eigenvalue weighted by Gasteiger charge is -2.52. The molecule has 4 aromatic rings. The predicted octanol–water partition coefficient (Wildman–Crippen LogP) is 5.35. The Morgan fingerprint density at radius 3 is 2.59 bits per heavy atom. The van der Waals surface area contributed by atoms with Gasteiger partial charge in [-0.15, -0.1) is 13.2 Å². The number of aromatic amines is 1. The monoisotopic (exact) mass is 530 g/mol. The van der Waals surface area contributed by atoms with Gasteiger partial charge in [-0.3, -0.25) is 9.89 Å². The molecule has 1 spiro atoms. The van der Waals surface area contributed by atoms with E-state index in [0.29, 0.717) is 33.3 Å². The maximum absolute atomic E-state index is 13.2. The van der Waals surface area contributed by atoms with Crippen molar-refractivity contribution in [1.29, 1.82) is 0 Å². The molecule has 0 unspecified atom stereocenters. The minimum absolute atomic E-state index is 0.0310. The van der Waals surface area contributed by atoms with Crippen molar-refractivity contribution in [2.75, 3.05) is 26.2 Å². The second-order valence-corrected chi connectivity index (χ2v) is 10.1. The Morgan fingerprint density at radius 1 is 1.03 bits per heavy atom. The van der Waals surface area contributed by atoms with Crippen molar-refractivity contribution in [1.82, 2.24) is 20.4 Å². The number of piperidine rings is 1. The summed E-state index contributed by atoms with van der Waals surface area (Å²) in [7, 11) is 0. The number of aromatic nitrogens is 2. The third kappa shape index (κ3) is 5.20. The summed E-state index contributed by atoms with van der Waals surface area (Å²) in [6, 6.07) is 18.7. The average Bonchev–Trinajstić information content (AvgIpc) is 3.32. The second kappa shape index (κ2) is 9.79. The lowest BCUT2D eigenvalue weighted by atomic mass is 9.74. The molecule has 1 amide bonds. The quantitative estimate of drug-likeness (QED) is 0.350. The van der Waals surface area contributed by atoms with Crippen molar-refractivity contribution in [2.24, 2.45) is 5.41 Å². The molecule has 0 saturated carbocycles. The zero-order valence-electron chi connectivity index (χ0n) is 20.9. The second-order valence-electron chi connectivity index (χ2n) is 10.1. The highest BCUT2D eigenvalue weighted by atomic mass is 19.4. The third-order valence-electron chi connectivity index (χ3n) is 7.33. The van der Waals surface area contributed by atoms with Crippen LogP contribution in [0.25, 0.3) is 22.0 Å². The largest absolute Gasteiger partial charge is 0.573 e. The molecular weight excluding hydrogens is 505 g/mol. The number of hydrogen-bond donors (Lipinski definition) is 2. The van der Waals surface area contributed by atoms with E-state index in [1.54, 1.807) is 24.3 Å². The summed E-state index contributed by atoms with van der Waals surface area (Å²) >= 11 is 0. The van der Waals surface area contributed by atoms with Crippen molar-refractivity contribution < 1.29 is 22.7 Å². The summed E-state index contributed by atoms with van der Waals surface area (Å²) in [5.74, 6) is 5.63. The lowest BCUT2D eigenvalue weighted by molar-refractivity contribution is -0.274. The molecule has 6 rings (SSSR count). The molecule has 2 aliphatic rings. The molecule has 0 radical (unpaired) electrons. The Balaban J connectivity index is 1.30. The molecule has 2 fully saturated rings. The van der Waals surface area contributed by atoms with Gasteiger partial charge in [0.25, 0.3) is 5.91 Å². The van der Waals surface area contributed by atoms with E-state index in [-0.39, 0.29) is 17.1 Å². The number of nitrogens with zero attached hydrogens (tertiary/aromatic N) is 2. The number of halogens is 3. The maximum atomic E-state index is 13.2. The number of likely N-dealkylation sites (tertiary alicyclic amines) is 1. The van der Waals surface area contributed by atoms with Crippen molar-refractivity contribution in [3.05, 3.63) is 83.6 Å². The van der Waals surface area contributed by atoms with Crippen molar-refractivity contribution in [3.8, 4) is 28.7 Å². The summed E-state index contributed by atoms with van der Waals surface area (Å²) in [4.78, 5) is 15.1. The number of amides is 1. The number of fused-ring (bicyclic) bond motifs is 1. The first-order chi connectivity index (χ1) is 18.8. The van der Waals surface area contributed by atoms with Gasteiger partial charge in [-0.05, 0) is 72.8 Å². The van der Waals surface area contributed by atoms with Gasteiger partial charge < -0.3 is 15.0 Å². The Kier molecular flexibility index (Phi) is 6.28. The summed E-state index contributed by atoms with van der Waals surface area (Å²) in [5.41, 5.74) is 3.69. The number of rotatable bonds is 3. The minimum Gasteiger partial charge on any atom is -0.406 e. The summed E-state index contributed by atoms with van der Waals surface area (Å²) in [6.45, 7) is 3.46. The molecule has 0 aliphatic carbocycles. The van der Waals surface area contributed by atoms with E-state index in [1.165, 1.54) is 12.1 Å². The number of hydrogen-bond acceptors (Lipinski definition) is 4. The fraction of sp³-hybridized carbons (Fsp3) is 0.267. The van der Waals surface area contributed by atoms with Crippen LogP contribution in [0.3, 0.4) is 0 Å². The fourth-order valence-corrected chi connectivity index (χ4v) is 5.45. The van der Waals surface area contributed by atoms with E-state index >= 15 is 0 Å². The maximum Gasteiger partial charge on any atom is 0.573 e. The molecule has 2 N–H and O–H groups in total. The standard InChI is InChI=1S/C30H25F3N4O2/c31-30(32,33)39-23-9-10-24(20-5-2-1-3-6-20)21(15-23)7-11-26-25-16-22(8-12-27(25)36-35-26)28(38)37-18-29(19-37)13-4-14-34-17-29/h1-3,5-6,8-10,12,15-16,34H,4,13-14,17-19H2,(H,35,36). The number of H-pyrrole nitrogens is 1. The number of carbonyl (C=O) groups excluding carboxylic acids is 1. The first-order valence-corrected chi connectivity index (χ1v) is 12.7. The van der Waals surface area contributed by atoms with Crippen LogP contribution >= 0.6 is 0 Å². The van der Waals surface area contributed by atoms with Crippen LogP contribution in [0, 0.1) is 17.3 Å². The molecule has 0 bridgehead atoms. The van der Waals surface area contributed by atoms with E-state index in [2.05, 4.69) is 32.1 Å². The number of alkyl halides is 3. The molecule has 0 atom stereocenters. The van der Waals surface area contributed by atoms with Gasteiger partial charge in [0.05, 0.1) is 5.52 Å². The predicted molar refractivity (Wildman–Crippen MR) is 141 cm³/mol. The Labute approximate surface area is 223 Å². The van der Waals surface area contributed by atoms with E-state index in [4.69, 9.17) is 0 Å². The molecule has 6 nitrogen and oxygen atoms in total. The molecule has 1 aromatic heterocycles. The van der Waals surface area contributed by atoms with Crippen molar-refractivity contribution >= 4 is 16.8 Å². The highest BCUT2D eigenvalue weighted by Crippen LogP contribution is 2.37. The van der Waals surface area contributed by atoms with Crippen LogP contribution in [0.15, 0.2) is 66.7 Å². The minimum atomic E-state index is -4.81. The van der Waals surface area contributed by atoms with Gasteiger partial charge in [0, 0.05) is 41.6 Å². The normalized spacial score (nSPS) is 16.4. The molecule has 2 aliphatic heterocycles. The average molecular weight is 531 g/mol. The van der Waals surface area contributed by atoms with Crippen LogP contribution in [0.1, 0.15) is 34.5 Å². The molecule has 2 saturated heterocycles. The summed E-state index contributed by atoms with van der Waals surface area (Å²) in [6.07, 6.45) is -2.56. The van der Waals surface area contributed by atoms with E-state index in [0.717, 1.165) is 44.6 Å². The fourth-order valence-electron chi connectivity index (χ4n) is 5.45. The molecule has 3 heterocycles. The summed E-state index contributed by atoms with van der Waals surface area (Å²) in [5, 5.41) is 11.3. The zero-order chi connectivity index (χ0) is 27.0. The van der Waals surface area contributed by atoms with Gasteiger partial charge in [0.1, 0.15) is 11.4 Å². The number of nitrogens with one attached hydrogen (secondary N) is 2. The number of benzene rings is 3. The van der Waals surface area contributed by atoms with Crippen molar-refractivity contribution in [3.63, 3.8) is 0 Å². The highest BCUT2D eigenvalue weighted by molar-refractivity contribution is 5.99. The van der Waals surface area contributed by atoms with Crippen LogP contribution in [0.2, 0.25) is 0 Å². The Morgan fingerprint density at radius 2 is 1.85 bits per heavy atom. The topological polar surface area (TPSA) is 70.2 Å². The number of ether oxygens (including phenoxy) is 1. The molecule has 198 valence electrons. The zero-order valence-corrected chi connectivity index (χ0v) is 20.9. The van der Waals surface area contributed by atoms with E-state index < -0.39 is 6.36 Å². The lowest BCUT2D eigenvalue weighted by Crippen LogP contribution is -2.63. The van der Waals surface area contributed by atoms with Crippen LogP contribution in [0.4, 0.5) is 13.2 Å². The first-order valence-electron chi connectivity index (χ1n) is 12.7. The van der Waals surface area contributed by atoms with Gasteiger partial charge in [-0.25, -0.2) is 0 Å². The molecule has 39 heavy (non-hydrogen) atoms. The molecular formula is C30H25F3N4O2. The molecule has 3 aromatic carbocycles. The molecule has 9 heteroatoms. The van der Waals surface area contributed by atoms with Crippen LogP contribution < -0.4 is 10.1 Å². The Hall–Kier alpha value is -4.29. The third-order valence-corrected chi connectivity index (χ3v) is 7.33. The van der Waals surface area contributed by atoms with Gasteiger partial charge in [-0.1, -0.05) is 36.3 Å². The van der Waals surface area contributed by atoms with Gasteiger partial charge >= 0.3 is 6.36 Å². The summed E-state index contributed by atoms with van der Waals surface area (Å²) < 4.78 is 42.7. The highest BCUT2D eigenvalue weighted by Gasteiger charge is 2.45. The van der Waals surface area contributed by atoms with Crippen LogP contribution in [-0.4, -0.2) is 53.5 Å². The van der Waals surface area contributed by atoms with Crippen LogP contribution in [0.5, 0.6) is 5.75 Å². The van der Waals surface area contributed by atoms with Crippen molar-refractivity contribution in [2.45, 2.75) is 19.2 Å². The van der Waals surface area contributed by atoms with Crippen LogP contribution in [-0.2, 0) is 0 Å². The van der Waals surface area contributed by atoms with Gasteiger partial charge in [0.15, 0.2) is 0 Å². The number of carbonyl (C=O) groups is 1. The van der Waals surface area contributed by atoms with Gasteiger partial charge in [-0.2, -0.15) is 5.10 Å². The van der Waals surface area contributed by atoms with E-state index in [9.17, 15) is 18.0 Å². The van der Waals surface area contributed by atoms with E-state index in [1.807, 2.05) is 35.2 Å².